The van der Waals surface area contributed by atoms with Gasteiger partial charge in [0, 0.05) is 0 Å². The highest BCUT2D eigenvalue weighted by Gasteiger charge is 2.47. The molecule has 0 saturated carbocycles. The third-order valence-corrected chi connectivity index (χ3v) is 3.42. The number of rotatable bonds is 5. The molecule has 1 aliphatic heterocycles. The van der Waals surface area contributed by atoms with Crippen molar-refractivity contribution in [3.8, 4) is 0 Å². The predicted octanol–water partition coefficient (Wildman–Crippen LogP) is 1.29. The third-order valence-electron chi connectivity index (χ3n) is 3.42. The normalized spacial score (nSPS) is 25.2. The van der Waals surface area contributed by atoms with Crippen molar-refractivity contribution in [2.45, 2.75) is 44.7 Å². The maximum atomic E-state index is 11.5. The molecule has 1 unspecified atom stereocenters. The fraction of sp³-hybridized carbons (Fsp3) is 0.727. The van der Waals surface area contributed by atoms with E-state index in [9.17, 15) is 9.90 Å². The van der Waals surface area contributed by atoms with Crippen LogP contribution in [0.2, 0.25) is 0 Å². The summed E-state index contributed by atoms with van der Waals surface area (Å²) in [6.45, 7) is 3.20. The number of nitrogens with zero attached hydrogens (tertiary/aromatic N) is 3. The molecule has 94 valence electrons. The molecule has 0 amide bonds. The molecular weight excluding hydrogens is 222 g/mol. The average Bonchev–Trinajstić information content (AvgIpc) is 2.91. The SMILES string of the molecule is CCCC1(C(=O)O)CCCN1Cc1ncno1. The van der Waals surface area contributed by atoms with Crippen LogP contribution in [-0.2, 0) is 11.3 Å². The van der Waals surface area contributed by atoms with Crippen LogP contribution in [0.5, 0.6) is 0 Å². The van der Waals surface area contributed by atoms with Crippen LogP contribution in [0.3, 0.4) is 0 Å². The molecule has 1 aromatic heterocycles. The molecule has 2 heterocycles. The molecule has 0 aliphatic carbocycles. The van der Waals surface area contributed by atoms with Gasteiger partial charge >= 0.3 is 5.97 Å². The molecule has 0 radical (unpaired) electrons. The van der Waals surface area contributed by atoms with Gasteiger partial charge in [0.25, 0.3) is 0 Å². The highest BCUT2D eigenvalue weighted by molar-refractivity contribution is 5.79. The van der Waals surface area contributed by atoms with Crippen molar-refractivity contribution in [1.29, 1.82) is 0 Å². The van der Waals surface area contributed by atoms with Crippen molar-refractivity contribution in [1.82, 2.24) is 15.0 Å². The number of carboxylic acid groups (broad SMARTS) is 1. The first kappa shape index (κ1) is 12.0. The molecule has 0 spiro atoms. The van der Waals surface area contributed by atoms with Gasteiger partial charge in [0.1, 0.15) is 5.54 Å². The van der Waals surface area contributed by atoms with E-state index in [1.54, 1.807) is 0 Å². The second-order valence-electron chi connectivity index (χ2n) is 4.45. The van der Waals surface area contributed by atoms with Gasteiger partial charge in [-0.3, -0.25) is 9.69 Å². The lowest BCUT2D eigenvalue weighted by atomic mass is 9.90. The maximum absolute atomic E-state index is 11.5. The fourth-order valence-corrected chi connectivity index (χ4v) is 2.64. The summed E-state index contributed by atoms with van der Waals surface area (Å²) in [7, 11) is 0. The predicted molar refractivity (Wildman–Crippen MR) is 59.2 cm³/mol. The molecule has 6 heteroatoms. The van der Waals surface area contributed by atoms with E-state index >= 15 is 0 Å². The van der Waals surface area contributed by atoms with Crippen LogP contribution in [0.25, 0.3) is 0 Å². The Balaban J connectivity index is 2.16. The van der Waals surface area contributed by atoms with E-state index < -0.39 is 11.5 Å². The van der Waals surface area contributed by atoms with E-state index in [2.05, 4.69) is 10.1 Å². The number of hydrogen-bond donors (Lipinski definition) is 1. The summed E-state index contributed by atoms with van der Waals surface area (Å²) in [4.78, 5) is 17.4. The molecule has 1 N–H and O–H groups in total. The highest BCUT2D eigenvalue weighted by Crippen LogP contribution is 2.34. The van der Waals surface area contributed by atoms with Crippen LogP contribution >= 0.6 is 0 Å². The third kappa shape index (κ3) is 2.17. The lowest BCUT2D eigenvalue weighted by molar-refractivity contribution is -0.150. The van der Waals surface area contributed by atoms with Gasteiger partial charge in [0.15, 0.2) is 6.33 Å². The first-order valence-corrected chi connectivity index (χ1v) is 5.93. The quantitative estimate of drug-likeness (QED) is 0.834. The Morgan fingerprint density at radius 3 is 3.12 bits per heavy atom. The van der Waals surface area contributed by atoms with Crippen LogP contribution in [0, 0.1) is 0 Å². The Bertz CT molecular complexity index is 379. The fourth-order valence-electron chi connectivity index (χ4n) is 2.64. The van der Waals surface area contributed by atoms with Crippen molar-refractivity contribution in [2.75, 3.05) is 6.54 Å². The van der Waals surface area contributed by atoms with Crippen molar-refractivity contribution in [3.63, 3.8) is 0 Å². The minimum Gasteiger partial charge on any atom is -0.480 e. The summed E-state index contributed by atoms with van der Waals surface area (Å²) in [5.41, 5.74) is -0.747. The molecule has 0 aromatic carbocycles. The zero-order valence-electron chi connectivity index (χ0n) is 9.93. The number of hydrogen-bond acceptors (Lipinski definition) is 5. The Kier molecular flexibility index (Phi) is 3.42. The molecule has 1 saturated heterocycles. The summed E-state index contributed by atoms with van der Waals surface area (Å²) in [6.07, 6.45) is 4.46. The van der Waals surface area contributed by atoms with Crippen molar-refractivity contribution in [2.24, 2.45) is 0 Å². The van der Waals surface area contributed by atoms with Crippen molar-refractivity contribution in [3.05, 3.63) is 12.2 Å². The molecule has 1 aliphatic rings. The van der Waals surface area contributed by atoms with E-state index in [-0.39, 0.29) is 0 Å². The summed E-state index contributed by atoms with van der Waals surface area (Å²) < 4.78 is 4.95. The molecule has 0 bridgehead atoms. The van der Waals surface area contributed by atoms with Crippen LogP contribution in [0.1, 0.15) is 38.5 Å². The second-order valence-corrected chi connectivity index (χ2v) is 4.45. The number of aliphatic carboxylic acids is 1. The first-order chi connectivity index (χ1) is 8.19. The highest BCUT2D eigenvalue weighted by atomic mass is 16.5. The molecule has 1 fully saturated rings. The topological polar surface area (TPSA) is 79.5 Å². The lowest BCUT2D eigenvalue weighted by Crippen LogP contribution is -2.50. The van der Waals surface area contributed by atoms with Crippen LogP contribution < -0.4 is 0 Å². The molecule has 17 heavy (non-hydrogen) atoms. The molecule has 1 atom stereocenters. The van der Waals surface area contributed by atoms with E-state index in [4.69, 9.17) is 4.52 Å². The minimum atomic E-state index is -0.747. The van der Waals surface area contributed by atoms with Gasteiger partial charge in [-0.1, -0.05) is 18.5 Å². The van der Waals surface area contributed by atoms with Crippen molar-refractivity contribution < 1.29 is 14.4 Å². The number of carboxylic acids is 1. The summed E-state index contributed by atoms with van der Waals surface area (Å²) in [5.74, 6) is -0.259. The van der Waals surface area contributed by atoms with Gasteiger partial charge in [-0.2, -0.15) is 4.98 Å². The zero-order chi connectivity index (χ0) is 12.3. The lowest BCUT2D eigenvalue weighted by Gasteiger charge is -2.33. The van der Waals surface area contributed by atoms with Gasteiger partial charge in [-0.15, -0.1) is 0 Å². The monoisotopic (exact) mass is 239 g/mol. The van der Waals surface area contributed by atoms with Gasteiger partial charge < -0.3 is 9.63 Å². The Hall–Kier alpha value is -1.43. The number of likely N-dealkylation sites (tertiary alicyclic amines) is 1. The van der Waals surface area contributed by atoms with Crippen LogP contribution in [0.15, 0.2) is 10.9 Å². The van der Waals surface area contributed by atoms with Gasteiger partial charge in [0.05, 0.1) is 6.54 Å². The molecular formula is C11H17N3O3. The van der Waals surface area contributed by atoms with E-state index in [1.807, 2.05) is 11.8 Å². The first-order valence-electron chi connectivity index (χ1n) is 5.93. The Labute approximate surface area is 99.6 Å². The second kappa shape index (κ2) is 4.83. The number of carbonyl (C=O) groups is 1. The molecule has 6 nitrogen and oxygen atoms in total. The van der Waals surface area contributed by atoms with Crippen LogP contribution in [-0.4, -0.2) is 38.2 Å². The Morgan fingerprint density at radius 2 is 2.53 bits per heavy atom. The van der Waals surface area contributed by atoms with Gasteiger partial charge in [0.2, 0.25) is 5.89 Å². The zero-order valence-corrected chi connectivity index (χ0v) is 9.93. The van der Waals surface area contributed by atoms with Crippen LogP contribution in [0.4, 0.5) is 0 Å². The van der Waals surface area contributed by atoms with E-state index in [1.165, 1.54) is 6.33 Å². The minimum absolute atomic E-state index is 0.423. The molecule has 1 aromatic rings. The van der Waals surface area contributed by atoms with Gasteiger partial charge in [-0.25, -0.2) is 0 Å². The van der Waals surface area contributed by atoms with Crippen molar-refractivity contribution >= 4 is 5.97 Å². The summed E-state index contributed by atoms with van der Waals surface area (Å²) in [5, 5.41) is 13.0. The number of aromatic nitrogens is 2. The maximum Gasteiger partial charge on any atom is 0.324 e. The summed E-state index contributed by atoms with van der Waals surface area (Å²) >= 11 is 0. The molecule has 2 rings (SSSR count). The van der Waals surface area contributed by atoms with E-state index in [0.717, 1.165) is 19.4 Å². The smallest absolute Gasteiger partial charge is 0.324 e. The summed E-state index contributed by atoms with van der Waals surface area (Å²) in [6, 6.07) is 0. The largest absolute Gasteiger partial charge is 0.480 e. The van der Waals surface area contributed by atoms with Gasteiger partial charge in [-0.05, 0) is 25.8 Å². The average molecular weight is 239 g/mol. The van der Waals surface area contributed by atoms with E-state index in [0.29, 0.717) is 25.3 Å². The standard InChI is InChI=1S/C11H17N3O3/c1-2-4-11(10(15)16)5-3-6-14(11)7-9-12-8-13-17-9/h8H,2-7H2,1H3,(H,15,16). The Morgan fingerprint density at radius 1 is 1.71 bits per heavy atom.